The minimum absolute atomic E-state index is 0.00525. The molecule has 0 bridgehead atoms. The van der Waals surface area contributed by atoms with Gasteiger partial charge < -0.3 is 0 Å². The summed E-state index contributed by atoms with van der Waals surface area (Å²) in [7, 11) is -3.47. The lowest BCUT2D eigenvalue weighted by Crippen LogP contribution is -2.19. The first-order chi connectivity index (χ1) is 9.05. The minimum Gasteiger partial charge on any atom is -0.267 e. The molecule has 0 saturated heterocycles. The van der Waals surface area contributed by atoms with Gasteiger partial charge >= 0.3 is 0 Å². The number of hydrogen-bond acceptors (Lipinski definition) is 5. The van der Waals surface area contributed by atoms with E-state index in [9.17, 15) is 8.42 Å². The molecule has 0 aliphatic heterocycles. The van der Waals surface area contributed by atoms with Crippen molar-refractivity contribution in [3.8, 4) is 0 Å². The third-order valence-electron chi connectivity index (χ3n) is 2.30. The van der Waals surface area contributed by atoms with E-state index in [1.807, 2.05) is 0 Å². The smallest absolute Gasteiger partial charge is 0.234 e. The van der Waals surface area contributed by atoms with Crippen molar-refractivity contribution in [3.05, 3.63) is 47.6 Å². The minimum atomic E-state index is -3.47. The van der Waals surface area contributed by atoms with Gasteiger partial charge in [-0.1, -0.05) is 0 Å². The normalized spacial score (nSPS) is 11.2. The summed E-state index contributed by atoms with van der Waals surface area (Å²) in [5.74, 6) is 0.119. The molecule has 0 spiro atoms. The summed E-state index contributed by atoms with van der Waals surface area (Å²) >= 11 is 5.58. The molecule has 1 N–H and O–H groups in total. The first kappa shape index (κ1) is 13.7. The summed E-state index contributed by atoms with van der Waals surface area (Å²) in [5, 5.41) is -0.00525. The van der Waals surface area contributed by atoms with Gasteiger partial charge in [0.25, 0.3) is 0 Å². The van der Waals surface area contributed by atoms with Crippen LogP contribution < -0.4 is 4.72 Å². The van der Waals surface area contributed by atoms with Gasteiger partial charge in [-0.15, -0.1) is 0 Å². The van der Waals surface area contributed by atoms with Crippen molar-refractivity contribution in [1.29, 1.82) is 0 Å². The fourth-order valence-electron chi connectivity index (χ4n) is 1.40. The number of pyridine rings is 1. The number of aromatic nitrogens is 3. The quantitative estimate of drug-likeness (QED) is 0.846. The molecule has 0 atom stereocenters. The Labute approximate surface area is 115 Å². The molecule has 19 heavy (non-hydrogen) atoms. The Balaban J connectivity index is 1.99. The Morgan fingerprint density at radius 1 is 1.16 bits per heavy atom. The molecule has 0 fully saturated rings. The first-order valence-electron chi connectivity index (χ1n) is 5.43. The molecular weight excluding hydrogens is 288 g/mol. The Kier molecular flexibility index (Phi) is 4.28. The molecule has 2 aromatic rings. The number of halogens is 1. The zero-order valence-corrected chi connectivity index (χ0v) is 11.4. The first-order valence-corrected chi connectivity index (χ1v) is 7.46. The largest absolute Gasteiger partial charge is 0.267 e. The molecule has 0 aliphatic carbocycles. The van der Waals surface area contributed by atoms with Crippen LogP contribution in [0.5, 0.6) is 0 Å². The predicted octanol–water partition coefficient (Wildman–Crippen LogP) is 1.51. The van der Waals surface area contributed by atoms with Gasteiger partial charge in [0.15, 0.2) is 0 Å². The lowest BCUT2D eigenvalue weighted by molar-refractivity contribution is 0.600. The van der Waals surface area contributed by atoms with Gasteiger partial charge in [0.05, 0.1) is 5.75 Å². The van der Waals surface area contributed by atoms with E-state index in [1.54, 1.807) is 24.5 Å². The maximum Gasteiger partial charge on any atom is 0.234 e. The maximum atomic E-state index is 11.9. The monoisotopic (exact) mass is 298 g/mol. The van der Waals surface area contributed by atoms with Crippen molar-refractivity contribution in [3.63, 3.8) is 0 Å². The molecule has 2 aromatic heterocycles. The molecule has 0 saturated carbocycles. The molecule has 0 unspecified atom stereocenters. The highest BCUT2D eigenvalue weighted by atomic mass is 35.5. The average Bonchev–Trinajstić information content (AvgIpc) is 2.37. The second kappa shape index (κ2) is 5.94. The molecule has 0 aliphatic rings. The third-order valence-corrected chi connectivity index (χ3v) is 3.74. The lowest BCUT2D eigenvalue weighted by atomic mass is 10.2. The molecule has 8 heteroatoms. The van der Waals surface area contributed by atoms with Crippen molar-refractivity contribution in [1.82, 2.24) is 15.0 Å². The fraction of sp³-hybridized carbons (Fsp3) is 0.182. The Bertz CT molecular complexity index is 649. The molecule has 0 amide bonds. The van der Waals surface area contributed by atoms with Crippen LogP contribution in [0.3, 0.4) is 0 Å². The number of nitrogens with one attached hydrogen (secondary N) is 1. The number of anilines is 1. The summed E-state index contributed by atoms with van der Waals surface area (Å²) in [6.45, 7) is 0. The predicted molar refractivity (Wildman–Crippen MR) is 72.4 cm³/mol. The van der Waals surface area contributed by atoms with E-state index in [0.29, 0.717) is 6.42 Å². The maximum absolute atomic E-state index is 11.9. The van der Waals surface area contributed by atoms with Gasteiger partial charge in [-0.05, 0) is 41.8 Å². The van der Waals surface area contributed by atoms with Gasteiger partial charge in [0.2, 0.25) is 15.3 Å². The topological polar surface area (TPSA) is 84.8 Å². The van der Waals surface area contributed by atoms with Crippen LogP contribution in [0.2, 0.25) is 5.28 Å². The van der Waals surface area contributed by atoms with Crippen molar-refractivity contribution in [2.24, 2.45) is 0 Å². The van der Waals surface area contributed by atoms with Gasteiger partial charge in [-0.2, -0.15) is 4.98 Å². The van der Waals surface area contributed by atoms with Crippen LogP contribution in [0.25, 0.3) is 0 Å². The van der Waals surface area contributed by atoms with Gasteiger partial charge in [-0.25, -0.2) is 13.4 Å². The Hall–Kier alpha value is -1.73. The average molecular weight is 299 g/mol. The number of nitrogens with zero attached hydrogens (tertiary/aromatic N) is 3. The van der Waals surface area contributed by atoms with Crippen LogP contribution in [-0.4, -0.2) is 29.1 Å². The van der Waals surface area contributed by atoms with Crippen LogP contribution in [0.1, 0.15) is 5.56 Å². The molecule has 2 heterocycles. The Morgan fingerprint density at radius 2 is 1.89 bits per heavy atom. The summed E-state index contributed by atoms with van der Waals surface area (Å²) in [6, 6.07) is 4.99. The van der Waals surface area contributed by atoms with Crippen LogP contribution >= 0.6 is 11.6 Å². The van der Waals surface area contributed by atoms with Crippen LogP contribution in [-0.2, 0) is 16.4 Å². The number of sulfonamides is 1. The molecule has 2 rings (SSSR count). The highest BCUT2D eigenvalue weighted by molar-refractivity contribution is 7.92. The highest BCUT2D eigenvalue weighted by Gasteiger charge is 2.11. The highest BCUT2D eigenvalue weighted by Crippen LogP contribution is 2.09. The van der Waals surface area contributed by atoms with Crippen LogP contribution in [0.15, 0.2) is 36.8 Å². The molecule has 6 nitrogen and oxygen atoms in total. The molecule has 0 radical (unpaired) electrons. The van der Waals surface area contributed by atoms with Crippen molar-refractivity contribution in [2.45, 2.75) is 6.42 Å². The van der Waals surface area contributed by atoms with E-state index in [-0.39, 0.29) is 16.9 Å². The van der Waals surface area contributed by atoms with E-state index in [2.05, 4.69) is 19.7 Å². The van der Waals surface area contributed by atoms with Crippen LogP contribution in [0, 0.1) is 0 Å². The Morgan fingerprint density at radius 3 is 2.58 bits per heavy atom. The third kappa shape index (κ3) is 4.46. The number of rotatable bonds is 5. The second-order valence-electron chi connectivity index (χ2n) is 3.74. The summed E-state index contributed by atoms with van der Waals surface area (Å²) in [6.07, 6.45) is 5.03. The summed E-state index contributed by atoms with van der Waals surface area (Å²) < 4.78 is 26.1. The molecule has 100 valence electrons. The standard InChI is InChI=1S/C11H11ClN4O2S/c12-11-14-7-3-10(15-11)16-19(17,18)8-4-9-1-5-13-6-2-9/h1-3,5-7H,4,8H2,(H,14,15,16). The number of aryl methyl sites for hydroxylation is 1. The second-order valence-corrected chi connectivity index (χ2v) is 5.92. The zero-order valence-electron chi connectivity index (χ0n) is 9.82. The van der Waals surface area contributed by atoms with Crippen molar-refractivity contribution >= 4 is 27.4 Å². The van der Waals surface area contributed by atoms with Gasteiger partial charge in [-0.3, -0.25) is 9.71 Å². The van der Waals surface area contributed by atoms with E-state index >= 15 is 0 Å². The van der Waals surface area contributed by atoms with Crippen LogP contribution in [0.4, 0.5) is 5.82 Å². The lowest BCUT2D eigenvalue weighted by Gasteiger charge is -2.07. The fourth-order valence-corrected chi connectivity index (χ4v) is 2.59. The van der Waals surface area contributed by atoms with E-state index in [1.165, 1.54) is 12.3 Å². The molecule has 0 aromatic carbocycles. The van der Waals surface area contributed by atoms with Crippen molar-refractivity contribution in [2.75, 3.05) is 10.5 Å². The van der Waals surface area contributed by atoms with Gasteiger partial charge in [0.1, 0.15) is 5.82 Å². The van der Waals surface area contributed by atoms with Gasteiger partial charge in [0, 0.05) is 18.6 Å². The SMILES string of the molecule is O=S(=O)(CCc1ccncc1)Nc1ccnc(Cl)n1. The van der Waals surface area contributed by atoms with E-state index < -0.39 is 10.0 Å². The van der Waals surface area contributed by atoms with Crippen molar-refractivity contribution < 1.29 is 8.42 Å². The number of hydrogen-bond donors (Lipinski definition) is 1. The van der Waals surface area contributed by atoms with E-state index in [4.69, 9.17) is 11.6 Å². The summed E-state index contributed by atoms with van der Waals surface area (Å²) in [5.41, 5.74) is 0.904. The summed E-state index contributed by atoms with van der Waals surface area (Å²) in [4.78, 5) is 11.3. The molecular formula is C11H11ClN4O2S. The van der Waals surface area contributed by atoms with E-state index in [0.717, 1.165) is 5.56 Å². The zero-order chi connectivity index (χ0) is 13.7.